The molecular weight excluding hydrogens is 304 g/mol. The van der Waals surface area contributed by atoms with Crippen LogP contribution in [0, 0.1) is 0 Å². The van der Waals surface area contributed by atoms with Crippen LogP contribution in [-0.2, 0) is 13.0 Å². The largest absolute Gasteiger partial charge is 0.254 e. The zero-order chi connectivity index (χ0) is 18.0. The second kappa shape index (κ2) is 16.4. The van der Waals surface area contributed by atoms with Gasteiger partial charge in [-0.2, -0.15) is 0 Å². The van der Waals surface area contributed by atoms with Gasteiger partial charge in [-0.3, -0.25) is 0 Å². The molecule has 0 saturated heterocycles. The lowest BCUT2D eigenvalue weighted by Crippen LogP contribution is -2.34. The Hall–Kier alpha value is -1.05. The van der Waals surface area contributed by atoms with E-state index < -0.39 is 0 Å². The summed E-state index contributed by atoms with van der Waals surface area (Å²) < 4.78 is 2.32. The van der Waals surface area contributed by atoms with Gasteiger partial charge in [0.1, 0.15) is 12.4 Å². The molecule has 25 heavy (non-hydrogen) atoms. The molecule has 0 bridgehead atoms. The average Bonchev–Trinajstić information content (AvgIpc) is 3.09. The standard InChI is InChI=1S/C23H42N2/c1-3-5-6-7-8-9-10-11-12-13-14-15-16-17-18-19-20-23-24-21-22-25(23)4-2/h11-12,21-22H,3-10,13-20H2,1-2H3/p+1/b12-11-. The molecule has 0 atom stereocenters. The fourth-order valence-electron chi connectivity index (χ4n) is 3.45. The molecule has 2 heteroatoms. The van der Waals surface area contributed by atoms with Crippen LogP contribution in [0.2, 0.25) is 0 Å². The maximum atomic E-state index is 3.36. The van der Waals surface area contributed by atoms with Crippen molar-refractivity contribution >= 4 is 0 Å². The predicted molar refractivity (Wildman–Crippen MR) is 110 cm³/mol. The third-order valence-corrected chi connectivity index (χ3v) is 5.12. The van der Waals surface area contributed by atoms with Crippen LogP contribution in [-0.4, -0.2) is 4.98 Å². The molecule has 0 amide bonds. The molecule has 0 unspecified atom stereocenters. The zero-order valence-corrected chi connectivity index (χ0v) is 17.1. The quantitative estimate of drug-likeness (QED) is 0.180. The van der Waals surface area contributed by atoms with Gasteiger partial charge in [0, 0.05) is 6.42 Å². The molecule has 0 aromatic carbocycles. The molecule has 0 radical (unpaired) electrons. The minimum atomic E-state index is 1.07. The van der Waals surface area contributed by atoms with Crippen LogP contribution < -0.4 is 4.57 Å². The summed E-state index contributed by atoms with van der Waals surface area (Å²) in [6.07, 6.45) is 29.5. The smallest absolute Gasteiger partial charge is 0.248 e. The summed E-state index contributed by atoms with van der Waals surface area (Å²) >= 11 is 0. The minimum absolute atomic E-state index is 1.07. The van der Waals surface area contributed by atoms with Crippen LogP contribution in [0.4, 0.5) is 0 Å². The number of imidazole rings is 1. The van der Waals surface area contributed by atoms with E-state index in [1.807, 2.05) is 0 Å². The Morgan fingerprint density at radius 3 is 1.92 bits per heavy atom. The van der Waals surface area contributed by atoms with Gasteiger partial charge in [-0.1, -0.05) is 76.9 Å². The van der Waals surface area contributed by atoms with Crippen molar-refractivity contribution in [3.05, 3.63) is 30.4 Å². The minimum Gasteiger partial charge on any atom is -0.248 e. The van der Waals surface area contributed by atoms with Gasteiger partial charge >= 0.3 is 0 Å². The van der Waals surface area contributed by atoms with Gasteiger partial charge in [0.2, 0.25) is 0 Å². The molecule has 1 rings (SSSR count). The number of hydrogen-bond donors (Lipinski definition) is 1. The highest BCUT2D eigenvalue weighted by Gasteiger charge is 2.07. The normalized spacial score (nSPS) is 11.6. The molecule has 0 aliphatic rings. The molecule has 1 aromatic rings. The first-order valence-electron chi connectivity index (χ1n) is 11.1. The lowest BCUT2D eigenvalue weighted by Gasteiger charge is -2.01. The average molecular weight is 348 g/mol. The van der Waals surface area contributed by atoms with Crippen molar-refractivity contribution in [1.29, 1.82) is 0 Å². The predicted octanol–water partition coefficient (Wildman–Crippen LogP) is 6.90. The molecule has 2 nitrogen and oxygen atoms in total. The van der Waals surface area contributed by atoms with Crippen molar-refractivity contribution in [3.63, 3.8) is 0 Å². The fourth-order valence-corrected chi connectivity index (χ4v) is 3.45. The molecule has 1 aromatic heterocycles. The fraction of sp³-hybridized carbons (Fsp3) is 0.783. The highest BCUT2D eigenvalue weighted by atomic mass is 15.0. The molecular formula is C23H43N2+. The van der Waals surface area contributed by atoms with Crippen LogP contribution >= 0.6 is 0 Å². The Kier molecular flexibility index (Phi) is 14.4. The number of aryl methyl sites for hydroxylation is 2. The van der Waals surface area contributed by atoms with Crippen molar-refractivity contribution in [2.45, 2.75) is 117 Å². The second-order valence-electron chi connectivity index (χ2n) is 7.38. The number of nitrogens with zero attached hydrogens (tertiary/aromatic N) is 1. The number of allylic oxidation sites excluding steroid dienone is 2. The highest BCUT2D eigenvalue weighted by Crippen LogP contribution is 2.10. The van der Waals surface area contributed by atoms with Crippen molar-refractivity contribution in [2.24, 2.45) is 0 Å². The summed E-state index contributed by atoms with van der Waals surface area (Å²) in [7, 11) is 0. The topological polar surface area (TPSA) is 19.7 Å². The van der Waals surface area contributed by atoms with Crippen LogP contribution in [0.15, 0.2) is 24.5 Å². The summed E-state index contributed by atoms with van der Waals surface area (Å²) in [5.41, 5.74) is 0. The van der Waals surface area contributed by atoms with E-state index in [2.05, 4.69) is 47.9 Å². The van der Waals surface area contributed by atoms with Gasteiger partial charge in [-0.05, 0) is 39.0 Å². The number of aromatic amines is 1. The van der Waals surface area contributed by atoms with Crippen molar-refractivity contribution in [3.8, 4) is 0 Å². The van der Waals surface area contributed by atoms with Crippen LogP contribution in [0.1, 0.15) is 110 Å². The second-order valence-corrected chi connectivity index (χ2v) is 7.38. The number of hydrogen-bond acceptors (Lipinski definition) is 0. The number of nitrogens with one attached hydrogen (secondary N) is 1. The Labute approximate surface area is 157 Å². The van der Waals surface area contributed by atoms with Gasteiger partial charge < -0.3 is 0 Å². The van der Waals surface area contributed by atoms with Gasteiger partial charge in [-0.25, -0.2) is 9.55 Å². The lowest BCUT2D eigenvalue weighted by atomic mass is 10.1. The molecule has 0 aliphatic heterocycles. The van der Waals surface area contributed by atoms with E-state index in [-0.39, 0.29) is 0 Å². The SMILES string of the molecule is CCCCCCCC/C=C\CCCCCCCCc1[nH]cc[n+]1CC. The third kappa shape index (κ3) is 12.0. The van der Waals surface area contributed by atoms with Gasteiger partial charge in [0.25, 0.3) is 5.82 Å². The molecule has 0 saturated carbocycles. The molecule has 1 heterocycles. The lowest BCUT2D eigenvalue weighted by molar-refractivity contribution is -0.699. The summed E-state index contributed by atoms with van der Waals surface area (Å²) in [5, 5.41) is 0. The Morgan fingerprint density at radius 2 is 1.32 bits per heavy atom. The van der Waals surface area contributed by atoms with Crippen LogP contribution in [0.25, 0.3) is 0 Å². The van der Waals surface area contributed by atoms with E-state index in [4.69, 9.17) is 0 Å². The summed E-state index contributed by atoms with van der Waals surface area (Å²) in [6, 6.07) is 0. The maximum absolute atomic E-state index is 3.36. The zero-order valence-electron chi connectivity index (χ0n) is 17.1. The molecule has 144 valence electrons. The number of aromatic nitrogens is 2. The highest BCUT2D eigenvalue weighted by molar-refractivity contribution is 4.81. The van der Waals surface area contributed by atoms with Gasteiger partial charge in [-0.15, -0.1) is 0 Å². The van der Waals surface area contributed by atoms with E-state index in [0.29, 0.717) is 0 Å². The van der Waals surface area contributed by atoms with Crippen LogP contribution in [0.5, 0.6) is 0 Å². The van der Waals surface area contributed by atoms with Crippen LogP contribution in [0.3, 0.4) is 0 Å². The Bertz CT molecular complexity index is 419. The van der Waals surface area contributed by atoms with Crippen molar-refractivity contribution in [1.82, 2.24) is 4.98 Å². The number of unbranched alkanes of at least 4 members (excludes halogenated alkanes) is 12. The molecule has 0 aliphatic carbocycles. The Balaban J connectivity index is 1.80. The third-order valence-electron chi connectivity index (χ3n) is 5.12. The number of H-pyrrole nitrogens is 1. The first kappa shape index (κ1) is 22.0. The summed E-state index contributed by atoms with van der Waals surface area (Å²) in [5.74, 6) is 1.39. The van der Waals surface area contributed by atoms with Crippen molar-refractivity contribution < 1.29 is 4.57 Å². The first-order chi connectivity index (χ1) is 12.4. The number of rotatable bonds is 17. The molecule has 0 spiro atoms. The van der Waals surface area contributed by atoms with E-state index in [1.54, 1.807) is 0 Å². The van der Waals surface area contributed by atoms with Gasteiger partial charge in [0.15, 0.2) is 0 Å². The monoisotopic (exact) mass is 347 g/mol. The van der Waals surface area contributed by atoms with E-state index in [1.165, 1.54) is 102 Å². The molecule has 0 fully saturated rings. The summed E-state index contributed by atoms with van der Waals surface area (Å²) in [6.45, 7) is 5.57. The summed E-state index contributed by atoms with van der Waals surface area (Å²) in [4.78, 5) is 3.36. The van der Waals surface area contributed by atoms with E-state index >= 15 is 0 Å². The first-order valence-corrected chi connectivity index (χ1v) is 11.1. The Morgan fingerprint density at radius 1 is 0.760 bits per heavy atom. The molecule has 1 N–H and O–H groups in total. The van der Waals surface area contributed by atoms with Crippen molar-refractivity contribution in [2.75, 3.05) is 0 Å². The van der Waals surface area contributed by atoms with E-state index in [0.717, 1.165) is 6.54 Å². The van der Waals surface area contributed by atoms with Gasteiger partial charge in [0.05, 0.1) is 6.54 Å². The maximum Gasteiger partial charge on any atom is 0.254 e. The van der Waals surface area contributed by atoms with E-state index in [9.17, 15) is 0 Å².